The van der Waals surface area contributed by atoms with Gasteiger partial charge in [0.05, 0.1) is 39.0 Å². The van der Waals surface area contributed by atoms with E-state index < -0.39 is 68.0 Å². The second-order valence-electron chi connectivity index (χ2n) is 9.38. The zero-order valence-electron chi connectivity index (χ0n) is 22.0. The van der Waals surface area contributed by atoms with Crippen LogP contribution in [0.1, 0.15) is 56.4 Å². The van der Waals surface area contributed by atoms with Gasteiger partial charge in [-0.3, -0.25) is 9.59 Å². The van der Waals surface area contributed by atoms with Crippen LogP contribution in [-0.4, -0.2) is 80.5 Å². The van der Waals surface area contributed by atoms with Gasteiger partial charge in [-0.15, -0.1) is 0 Å². The maximum atomic E-state index is 13.4. The Hall–Kier alpha value is -3.13. The Morgan fingerprint density at radius 1 is 1.21 bits per heavy atom. The van der Waals surface area contributed by atoms with Crippen LogP contribution in [-0.2, 0) is 28.5 Å². The summed E-state index contributed by atoms with van der Waals surface area (Å²) in [6, 6.07) is 0.0375. The lowest BCUT2D eigenvalue weighted by Crippen LogP contribution is -2.47. The SMILES string of the molecule is COc1ccnc(C(=O)NC2COCC(CC(F)(F)F)C(OC3CCCC3)C(C)OC2=O)c1OCOC(C)=O. The van der Waals surface area contributed by atoms with Crippen LogP contribution in [0.5, 0.6) is 11.5 Å². The minimum absolute atomic E-state index is 0.103. The molecule has 1 saturated carbocycles. The maximum absolute atomic E-state index is 13.4. The van der Waals surface area contributed by atoms with Crippen LogP contribution < -0.4 is 14.8 Å². The van der Waals surface area contributed by atoms with Crippen LogP contribution in [0.25, 0.3) is 0 Å². The molecule has 2 aliphatic rings. The predicted octanol–water partition coefficient (Wildman–Crippen LogP) is 2.95. The van der Waals surface area contributed by atoms with E-state index in [9.17, 15) is 27.6 Å². The Labute approximate surface area is 223 Å². The number of ether oxygens (including phenoxy) is 6. The first-order chi connectivity index (χ1) is 18.5. The number of alkyl halides is 3. The van der Waals surface area contributed by atoms with Gasteiger partial charge in [-0.25, -0.2) is 9.78 Å². The van der Waals surface area contributed by atoms with Crippen LogP contribution in [0.4, 0.5) is 13.2 Å². The summed E-state index contributed by atoms with van der Waals surface area (Å²) >= 11 is 0. The van der Waals surface area contributed by atoms with Gasteiger partial charge in [0.1, 0.15) is 6.10 Å². The average Bonchev–Trinajstić information content (AvgIpc) is 3.38. The first-order valence-electron chi connectivity index (χ1n) is 12.6. The highest BCUT2D eigenvalue weighted by Gasteiger charge is 2.42. The lowest BCUT2D eigenvalue weighted by molar-refractivity contribution is -0.184. The van der Waals surface area contributed by atoms with Crippen molar-refractivity contribution in [2.24, 2.45) is 5.92 Å². The van der Waals surface area contributed by atoms with Gasteiger partial charge in [0.25, 0.3) is 5.91 Å². The summed E-state index contributed by atoms with van der Waals surface area (Å²) in [5.74, 6) is -3.58. The number of methoxy groups -OCH3 is 1. The molecule has 1 saturated heterocycles. The number of hydrogen-bond donors (Lipinski definition) is 1. The number of carbonyl (C=O) groups is 3. The van der Waals surface area contributed by atoms with E-state index in [-0.39, 0.29) is 29.9 Å². The number of aromatic nitrogens is 1. The summed E-state index contributed by atoms with van der Waals surface area (Å²) < 4.78 is 72.5. The molecule has 14 heteroatoms. The third kappa shape index (κ3) is 8.95. The highest BCUT2D eigenvalue weighted by molar-refractivity contribution is 5.98. The number of cyclic esters (lactones) is 1. The molecular weight excluding hydrogens is 529 g/mol. The molecule has 0 radical (unpaired) electrons. The third-order valence-electron chi connectivity index (χ3n) is 6.35. The molecule has 0 bridgehead atoms. The maximum Gasteiger partial charge on any atom is 0.389 e. The molecule has 0 aromatic carbocycles. The Balaban J connectivity index is 1.77. The fourth-order valence-corrected chi connectivity index (χ4v) is 4.55. The van der Waals surface area contributed by atoms with Crippen molar-refractivity contribution in [2.75, 3.05) is 27.1 Å². The topological polar surface area (TPSA) is 132 Å². The molecule has 1 N–H and O–H groups in total. The predicted molar refractivity (Wildman–Crippen MR) is 127 cm³/mol. The van der Waals surface area contributed by atoms with Gasteiger partial charge in [-0.1, -0.05) is 12.8 Å². The van der Waals surface area contributed by atoms with Gasteiger partial charge in [0.15, 0.2) is 23.2 Å². The molecule has 0 spiro atoms. The minimum Gasteiger partial charge on any atom is -0.493 e. The fraction of sp³-hybridized carbons (Fsp3) is 0.680. The lowest BCUT2D eigenvalue weighted by atomic mass is 9.94. The number of pyridine rings is 1. The number of nitrogens with one attached hydrogen (secondary N) is 1. The fourth-order valence-electron chi connectivity index (χ4n) is 4.55. The third-order valence-corrected chi connectivity index (χ3v) is 6.35. The van der Waals surface area contributed by atoms with E-state index in [1.54, 1.807) is 0 Å². The first-order valence-corrected chi connectivity index (χ1v) is 12.6. The molecular formula is C25H33F3N2O9. The summed E-state index contributed by atoms with van der Waals surface area (Å²) in [6.45, 7) is 1.29. The summed E-state index contributed by atoms with van der Waals surface area (Å²) in [6.07, 6.45) is -3.48. The monoisotopic (exact) mass is 562 g/mol. The highest BCUT2D eigenvalue weighted by atomic mass is 19.4. The smallest absolute Gasteiger partial charge is 0.389 e. The van der Waals surface area contributed by atoms with Crippen LogP contribution in [0, 0.1) is 5.92 Å². The van der Waals surface area contributed by atoms with Crippen LogP contribution in [0.15, 0.2) is 12.3 Å². The van der Waals surface area contributed by atoms with Crippen molar-refractivity contribution >= 4 is 17.8 Å². The molecule has 1 aliphatic heterocycles. The van der Waals surface area contributed by atoms with E-state index in [1.165, 1.54) is 33.2 Å². The van der Waals surface area contributed by atoms with Crippen molar-refractivity contribution < 1.29 is 56.0 Å². The lowest BCUT2D eigenvalue weighted by Gasteiger charge is -2.33. The minimum atomic E-state index is -4.49. The number of carbonyl (C=O) groups excluding carboxylic acids is 3. The zero-order chi connectivity index (χ0) is 28.6. The number of amides is 1. The highest BCUT2D eigenvalue weighted by Crippen LogP contribution is 2.34. The molecule has 3 rings (SSSR count). The zero-order valence-corrected chi connectivity index (χ0v) is 22.0. The summed E-state index contributed by atoms with van der Waals surface area (Å²) in [4.78, 5) is 41.2. The molecule has 1 aliphatic carbocycles. The molecule has 1 aromatic rings. The number of halogens is 3. The van der Waals surface area contributed by atoms with E-state index in [0.29, 0.717) is 12.8 Å². The van der Waals surface area contributed by atoms with Gasteiger partial charge in [0.2, 0.25) is 6.79 Å². The number of hydrogen-bond acceptors (Lipinski definition) is 10. The standard InChI is InChI=1S/C25H33F3N2O9/c1-14-21(39-17-6-4-5-7-17)16(10-25(26,27)28)11-35-12-18(24(33)38-14)30-23(32)20-22(37-13-36-15(2)31)19(34-3)8-9-29-20/h8-9,14,16-18,21H,4-7,10-13H2,1-3H3,(H,30,32). The second kappa shape index (κ2) is 13.8. The van der Waals surface area contributed by atoms with Crippen molar-refractivity contribution in [3.63, 3.8) is 0 Å². The Morgan fingerprint density at radius 3 is 2.56 bits per heavy atom. The van der Waals surface area contributed by atoms with Crippen molar-refractivity contribution in [3.8, 4) is 11.5 Å². The van der Waals surface area contributed by atoms with Crippen molar-refractivity contribution in [1.29, 1.82) is 0 Å². The van der Waals surface area contributed by atoms with E-state index in [2.05, 4.69) is 10.3 Å². The van der Waals surface area contributed by atoms with Crippen molar-refractivity contribution in [3.05, 3.63) is 18.0 Å². The molecule has 11 nitrogen and oxygen atoms in total. The van der Waals surface area contributed by atoms with Crippen LogP contribution in [0.2, 0.25) is 0 Å². The largest absolute Gasteiger partial charge is 0.493 e. The molecule has 4 unspecified atom stereocenters. The number of esters is 2. The quantitative estimate of drug-likeness (QED) is 0.354. The summed E-state index contributed by atoms with van der Waals surface area (Å²) in [5, 5.41) is 2.44. The van der Waals surface area contributed by atoms with Crippen molar-refractivity contribution in [1.82, 2.24) is 10.3 Å². The summed E-state index contributed by atoms with van der Waals surface area (Å²) in [7, 11) is 1.32. The Bertz CT molecular complexity index is 1000. The second-order valence-corrected chi connectivity index (χ2v) is 9.38. The summed E-state index contributed by atoms with van der Waals surface area (Å²) in [5.41, 5.74) is -0.292. The molecule has 39 heavy (non-hydrogen) atoms. The van der Waals surface area contributed by atoms with E-state index in [4.69, 9.17) is 28.4 Å². The molecule has 2 heterocycles. The van der Waals surface area contributed by atoms with E-state index in [0.717, 1.165) is 12.8 Å². The van der Waals surface area contributed by atoms with Gasteiger partial charge >= 0.3 is 18.1 Å². The van der Waals surface area contributed by atoms with Gasteiger partial charge in [-0.05, 0) is 19.8 Å². The van der Waals surface area contributed by atoms with E-state index in [1.807, 2.05) is 0 Å². The average molecular weight is 563 g/mol. The normalized spacial score (nSPS) is 24.6. The van der Waals surface area contributed by atoms with E-state index >= 15 is 0 Å². The van der Waals surface area contributed by atoms with Crippen molar-refractivity contribution in [2.45, 2.75) is 76.5 Å². The Morgan fingerprint density at radius 2 is 1.92 bits per heavy atom. The molecule has 218 valence electrons. The molecule has 4 atom stereocenters. The molecule has 2 fully saturated rings. The molecule has 1 aromatic heterocycles. The molecule has 1 amide bonds. The van der Waals surface area contributed by atoms with Gasteiger partial charge in [-0.2, -0.15) is 13.2 Å². The first kappa shape index (κ1) is 30.4. The van der Waals surface area contributed by atoms with Gasteiger partial charge in [0, 0.05) is 25.1 Å². The Kier molecular flexibility index (Phi) is 10.7. The van der Waals surface area contributed by atoms with Crippen LogP contribution in [0.3, 0.4) is 0 Å². The van der Waals surface area contributed by atoms with Gasteiger partial charge < -0.3 is 33.7 Å². The van der Waals surface area contributed by atoms with Crippen LogP contribution >= 0.6 is 0 Å². The number of rotatable bonds is 9. The number of nitrogens with zero attached hydrogens (tertiary/aromatic N) is 1.